The molecule has 0 saturated carbocycles. The minimum Gasteiger partial charge on any atom is -0.481 e. The summed E-state index contributed by atoms with van der Waals surface area (Å²) in [6.45, 7) is 4.34. The number of amides is 2. The molecule has 0 heterocycles. The average molecular weight is 313 g/mol. The summed E-state index contributed by atoms with van der Waals surface area (Å²) in [6.07, 6.45) is 1.51. The highest BCUT2D eigenvalue weighted by Crippen LogP contribution is 2.24. The largest absolute Gasteiger partial charge is 0.481 e. The van der Waals surface area contributed by atoms with E-state index in [1.165, 1.54) is 0 Å². The van der Waals surface area contributed by atoms with Crippen LogP contribution in [0.15, 0.2) is 18.2 Å². The molecule has 3 N–H and O–H groups in total. The second-order valence-electron chi connectivity index (χ2n) is 5.14. The average Bonchev–Trinajstić information content (AvgIpc) is 2.41. The molecule has 0 radical (unpaired) electrons. The highest BCUT2D eigenvalue weighted by molar-refractivity contribution is 6.33. The molecule has 5 nitrogen and oxygen atoms in total. The zero-order valence-electron chi connectivity index (χ0n) is 12.3. The van der Waals surface area contributed by atoms with Gasteiger partial charge in [-0.1, -0.05) is 30.7 Å². The van der Waals surface area contributed by atoms with Crippen molar-refractivity contribution < 1.29 is 14.7 Å². The van der Waals surface area contributed by atoms with Crippen molar-refractivity contribution in [2.45, 2.75) is 33.1 Å². The zero-order chi connectivity index (χ0) is 15.8. The summed E-state index contributed by atoms with van der Waals surface area (Å²) in [5.41, 5.74) is 1.50. The lowest BCUT2D eigenvalue weighted by molar-refractivity contribution is -0.137. The Balaban J connectivity index is 2.33. The number of carbonyl (C=O) groups is 2. The topological polar surface area (TPSA) is 78.4 Å². The molecule has 0 spiro atoms. The predicted molar refractivity (Wildman–Crippen MR) is 83.9 cm³/mol. The highest BCUT2D eigenvalue weighted by Gasteiger charge is 2.09. The van der Waals surface area contributed by atoms with Gasteiger partial charge in [-0.05, 0) is 37.3 Å². The van der Waals surface area contributed by atoms with Gasteiger partial charge < -0.3 is 15.7 Å². The molecule has 1 aromatic rings. The van der Waals surface area contributed by atoms with E-state index < -0.39 is 5.97 Å². The number of hydrogen-bond donors (Lipinski definition) is 3. The molecule has 0 aliphatic rings. The van der Waals surface area contributed by atoms with Gasteiger partial charge in [0.15, 0.2) is 0 Å². The molecule has 116 valence electrons. The number of nitrogens with one attached hydrogen (secondary N) is 2. The second kappa shape index (κ2) is 8.52. The Hall–Kier alpha value is -1.75. The fourth-order valence-corrected chi connectivity index (χ4v) is 2.16. The normalized spacial score (nSPS) is 11.8. The Bertz CT molecular complexity index is 485. The molecule has 0 aromatic heterocycles. The zero-order valence-corrected chi connectivity index (χ0v) is 13.0. The first-order valence-corrected chi connectivity index (χ1v) is 7.29. The van der Waals surface area contributed by atoms with Gasteiger partial charge in [-0.25, -0.2) is 4.79 Å². The van der Waals surface area contributed by atoms with Crippen LogP contribution in [0, 0.1) is 12.8 Å². The number of benzene rings is 1. The Morgan fingerprint density at radius 2 is 2.05 bits per heavy atom. The van der Waals surface area contributed by atoms with Crippen molar-refractivity contribution in [2.75, 3.05) is 11.9 Å². The van der Waals surface area contributed by atoms with E-state index in [-0.39, 0.29) is 18.4 Å². The number of hydrogen-bond acceptors (Lipinski definition) is 2. The van der Waals surface area contributed by atoms with Crippen molar-refractivity contribution >= 4 is 29.3 Å². The van der Waals surface area contributed by atoms with Crippen molar-refractivity contribution in [3.63, 3.8) is 0 Å². The molecule has 2 amide bonds. The van der Waals surface area contributed by atoms with Gasteiger partial charge in [0.1, 0.15) is 0 Å². The molecule has 1 rings (SSSR count). The van der Waals surface area contributed by atoms with Gasteiger partial charge in [0, 0.05) is 13.0 Å². The molecular weight excluding hydrogens is 292 g/mol. The predicted octanol–water partition coefficient (Wildman–Crippen LogP) is 3.66. The highest BCUT2D eigenvalue weighted by atomic mass is 35.5. The van der Waals surface area contributed by atoms with E-state index in [4.69, 9.17) is 16.7 Å². The monoisotopic (exact) mass is 312 g/mol. The van der Waals surface area contributed by atoms with Crippen molar-refractivity contribution in [1.29, 1.82) is 0 Å². The Labute approximate surface area is 129 Å². The van der Waals surface area contributed by atoms with Gasteiger partial charge in [0.05, 0.1) is 10.7 Å². The maximum absolute atomic E-state index is 11.8. The number of aryl methyl sites for hydroxylation is 1. The number of para-hydroxylation sites is 1. The standard InChI is InChI=1S/C15H21ClN2O3/c1-10(6-7-13(19)20)8-9-17-15(21)18-14-11(2)4-3-5-12(14)16/h3-5,10H,6-9H2,1-2H3,(H,19,20)(H2,17,18,21). The third-order valence-corrected chi connectivity index (χ3v) is 3.55. The molecule has 1 atom stereocenters. The molecule has 0 saturated heterocycles. The number of carboxylic acid groups (broad SMARTS) is 1. The quantitative estimate of drug-likeness (QED) is 0.719. The van der Waals surface area contributed by atoms with Gasteiger partial charge >= 0.3 is 12.0 Å². The summed E-state index contributed by atoms with van der Waals surface area (Å²) in [5.74, 6) is -0.537. The number of carboxylic acids is 1. The summed E-state index contributed by atoms with van der Waals surface area (Å²) < 4.78 is 0. The van der Waals surface area contributed by atoms with E-state index in [9.17, 15) is 9.59 Å². The van der Waals surface area contributed by atoms with E-state index in [2.05, 4.69) is 10.6 Å². The van der Waals surface area contributed by atoms with E-state index in [0.717, 1.165) is 12.0 Å². The smallest absolute Gasteiger partial charge is 0.319 e. The lowest BCUT2D eigenvalue weighted by Gasteiger charge is -2.13. The molecule has 21 heavy (non-hydrogen) atoms. The molecule has 1 aromatic carbocycles. The van der Waals surface area contributed by atoms with E-state index in [1.54, 1.807) is 6.07 Å². The maximum atomic E-state index is 11.8. The fraction of sp³-hybridized carbons (Fsp3) is 0.467. The minimum absolute atomic E-state index is 0.159. The van der Waals surface area contributed by atoms with Crippen LogP contribution in [-0.2, 0) is 4.79 Å². The molecule has 0 fully saturated rings. The number of carbonyl (C=O) groups excluding carboxylic acids is 1. The molecule has 1 unspecified atom stereocenters. The van der Waals surface area contributed by atoms with Crippen molar-refractivity contribution in [1.82, 2.24) is 5.32 Å². The first-order valence-electron chi connectivity index (χ1n) is 6.92. The third kappa shape index (κ3) is 6.49. The van der Waals surface area contributed by atoms with E-state index in [1.807, 2.05) is 26.0 Å². The molecular formula is C15H21ClN2O3. The maximum Gasteiger partial charge on any atom is 0.319 e. The number of aliphatic carboxylic acids is 1. The minimum atomic E-state index is -0.790. The van der Waals surface area contributed by atoms with Crippen LogP contribution in [0.3, 0.4) is 0 Å². The summed E-state index contributed by atoms with van der Waals surface area (Å²) >= 11 is 6.03. The van der Waals surface area contributed by atoms with Crippen LogP contribution in [0.25, 0.3) is 0 Å². The Morgan fingerprint density at radius 3 is 2.67 bits per heavy atom. The molecule has 0 aliphatic carbocycles. The van der Waals surface area contributed by atoms with Crippen LogP contribution in [0.2, 0.25) is 5.02 Å². The summed E-state index contributed by atoms with van der Waals surface area (Å²) in [7, 11) is 0. The molecule has 0 aliphatic heterocycles. The first-order chi connectivity index (χ1) is 9.90. The van der Waals surface area contributed by atoms with Crippen molar-refractivity contribution in [2.24, 2.45) is 5.92 Å². The van der Waals surface area contributed by atoms with Gasteiger partial charge in [-0.2, -0.15) is 0 Å². The van der Waals surface area contributed by atoms with Crippen molar-refractivity contribution in [3.05, 3.63) is 28.8 Å². The second-order valence-corrected chi connectivity index (χ2v) is 5.55. The van der Waals surface area contributed by atoms with E-state index in [0.29, 0.717) is 23.7 Å². The SMILES string of the molecule is Cc1cccc(Cl)c1NC(=O)NCCC(C)CCC(=O)O. The first kappa shape index (κ1) is 17.3. The summed E-state index contributed by atoms with van der Waals surface area (Å²) in [5, 5.41) is 14.6. The van der Waals surface area contributed by atoms with Crippen LogP contribution in [0.1, 0.15) is 31.7 Å². The van der Waals surface area contributed by atoms with Crippen LogP contribution < -0.4 is 10.6 Å². The third-order valence-electron chi connectivity index (χ3n) is 3.23. The molecule has 0 bridgehead atoms. The molecule has 6 heteroatoms. The van der Waals surface area contributed by atoms with Gasteiger partial charge in [-0.15, -0.1) is 0 Å². The fourth-order valence-electron chi connectivity index (χ4n) is 1.89. The Morgan fingerprint density at radius 1 is 1.33 bits per heavy atom. The van der Waals surface area contributed by atoms with Crippen LogP contribution in [0.4, 0.5) is 10.5 Å². The van der Waals surface area contributed by atoms with E-state index >= 15 is 0 Å². The number of rotatable bonds is 7. The summed E-state index contributed by atoms with van der Waals surface area (Å²) in [4.78, 5) is 22.3. The summed E-state index contributed by atoms with van der Waals surface area (Å²) in [6, 6.07) is 5.11. The van der Waals surface area contributed by atoms with Crippen LogP contribution >= 0.6 is 11.6 Å². The van der Waals surface area contributed by atoms with Crippen molar-refractivity contribution in [3.8, 4) is 0 Å². The van der Waals surface area contributed by atoms with Gasteiger partial charge in [0.25, 0.3) is 0 Å². The lowest BCUT2D eigenvalue weighted by Crippen LogP contribution is -2.30. The van der Waals surface area contributed by atoms with Gasteiger partial charge in [-0.3, -0.25) is 4.79 Å². The Kier molecular flexibility index (Phi) is 7.02. The van der Waals surface area contributed by atoms with Gasteiger partial charge in [0.2, 0.25) is 0 Å². The number of anilines is 1. The lowest BCUT2D eigenvalue weighted by atomic mass is 10.0. The number of urea groups is 1. The van der Waals surface area contributed by atoms with Crippen LogP contribution in [-0.4, -0.2) is 23.7 Å². The van der Waals surface area contributed by atoms with Crippen LogP contribution in [0.5, 0.6) is 0 Å². The number of halogens is 1.